The molecule has 1 aromatic heterocycles. The molecule has 2 aromatic rings. The molecule has 0 N–H and O–H groups in total. The Morgan fingerprint density at radius 2 is 2.14 bits per heavy atom. The zero-order valence-corrected chi connectivity index (χ0v) is 12.2. The second-order valence-electron chi connectivity index (χ2n) is 4.41. The molecule has 1 heterocycles. The fourth-order valence-corrected chi connectivity index (χ4v) is 1.87. The molecule has 21 heavy (non-hydrogen) atoms. The first-order valence-corrected chi connectivity index (χ1v) is 6.79. The highest BCUT2D eigenvalue weighted by atomic mass is 16.5. The zero-order chi connectivity index (χ0) is 15.1. The van der Waals surface area contributed by atoms with Gasteiger partial charge < -0.3 is 4.74 Å². The Morgan fingerprint density at radius 3 is 2.86 bits per heavy atom. The monoisotopic (exact) mass is 282 g/mol. The average molecular weight is 282 g/mol. The highest BCUT2D eigenvalue weighted by Crippen LogP contribution is 2.18. The molecule has 4 nitrogen and oxygen atoms in total. The largest absolute Gasteiger partial charge is 0.496 e. The number of carbonyl (C=O) groups excluding carboxylic acids is 1. The van der Waals surface area contributed by atoms with Crippen molar-refractivity contribution in [2.24, 2.45) is 0 Å². The maximum atomic E-state index is 11.9. The molecule has 0 unspecified atom stereocenters. The van der Waals surface area contributed by atoms with Crippen LogP contribution in [0.5, 0.6) is 5.75 Å². The van der Waals surface area contributed by atoms with Gasteiger partial charge in [0.25, 0.3) is 0 Å². The number of rotatable bonds is 6. The van der Waals surface area contributed by atoms with Crippen LogP contribution in [0, 0.1) is 0 Å². The van der Waals surface area contributed by atoms with E-state index in [1.165, 1.54) is 6.08 Å². The molecule has 0 amide bonds. The first kappa shape index (κ1) is 14.8. The highest BCUT2D eigenvalue weighted by molar-refractivity contribution is 6.04. The number of ether oxygens (including phenoxy) is 1. The van der Waals surface area contributed by atoms with Crippen LogP contribution in [0.1, 0.15) is 22.8 Å². The van der Waals surface area contributed by atoms with Gasteiger partial charge in [-0.05, 0) is 19.1 Å². The van der Waals surface area contributed by atoms with Crippen LogP contribution in [0.15, 0.2) is 54.9 Å². The topological polar surface area (TPSA) is 44.1 Å². The Hall–Kier alpha value is -2.62. The third-order valence-corrected chi connectivity index (χ3v) is 3.02. The third kappa shape index (κ3) is 3.92. The van der Waals surface area contributed by atoms with Crippen LogP contribution < -0.4 is 4.74 Å². The summed E-state index contributed by atoms with van der Waals surface area (Å²) >= 11 is 0. The van der Waals surface area contributed by atoms with E-state index in [-0.39, 0.29) is 5.78 Å². The minimum absolute atomic E-state index is 0.0561. The summed E-state index contributed by atoms with van der Waals surface area (Å²) in [5.41, 5.74) is 1.56. The standard InChI is InChI=1S/C17H18N2O2/c1-3-19-13-15(12-18-19)16(20)10-6-4-8-14-9-5-7-11-17(14)21-2/h4-13H,3H2,1-2H3/b8-4-,10-6+. The maximum Gasteiger partial charge on any atom is 0.188 e. The van der Waals surface area contributed by atoms with Crippen LogP contribution in [0.25, 0.3) is 6.08 Å². The molecule has 0 atom stereocenters. The Labute approximate surface area is 124 Å². The third-order valence-electron chi connectivity index (χ3n) is 3.02. The van der Waals surface area contributed by atoms with Crippen LogP contribution >= 0.6 is 0 Å². The lowest BCUT2D eigenvalue weighted by Gasteiger charge is -2.02. The van der Waals surface area contributed by atoms with E-state index in [1.807, 2.05) is 43.3 Å². The normalized spacial score (nSPS) is 11.3. The van der Waals surface area contributed by atoms with E-state index in [2.05, 4.69) is 5.10 Å². The lowest BCUT2D eigenvalue weighted by Crippen LogP contribution is -1.94. The van der Waals surface area contributed by atoms with Crippen molar-refractivity contribution >= 4 is 11.9 Å². The molecule has 1 aromatic carbocycles. The second kappa shape index (κ2) is 7.24. The van der Waals surface area contributed by atoms with Gasteiger partial charge in [0.05, 0.1) is 18.9 Å². The van der Waals surface area contributed by atoms with Crippen molar-refractivity contribution in [3.05, 3.63) is 66.0 Å². The Bertz CT molecular complexity index is 669. The molecular weight excluding hydrogens is 264 g/mol. The van der Waals surface area contributed by atoms with E-state index < -0.39 is 0 Å². The first-order chi connectivity index (χ1) is 10.2. The van der Waals surface area contributed by atoms with Gasteiger partial charge in [-0.1, -0.05) is 36.4 Å². The number of nitrogens with zero attached hydrogens (tertiary/aromatic N) is 2. The number of allylic oxidation sites excluding steroid dienone is 3. The smallest absolute Gasteiger partial charge is 0.188 e. The van der Waals surface area contributed by atoms with Crippen LogP contribution in [0.3, 0.4) is 0 Å². The Morgan fingerprint density at radius 1 is 1.33 bits per heavy atom. The fourth-order valence-electron chi connectivity index (χ4n) is 1.87. The molecule has 4 heteroatoms. The molecule has 0 spiro atoms. The molecule has 0 aliphatic carbocycles. The highest BCUT2D eigenvalue weighted by Gasteiger charge is 2.03. The maximum absolute atomic E-state index is 11.9. The number of methoxy groups -OCH3 is 1. The predicted molar refractivity (Wildman–Crippen MR) is 83.4 cm³/mol. The minimum Gasteiger partial charge on any atom is -0.496 e. The Balaban J connectivity index is 2.01. The molecule has 0 saturated carbocycles. The molecule has 0 saturated heterocycles. The van der Waals surface area contributed by atoms with Gasteiger partial charge in [0.1, 0.15) is 5.75 Å². The van der Waals surface area contributed by atoms with Gasteiger partial charge in [0.2, 0.25) is 0 Å². The van der Waals surface area contributed by atoms with Crippen LogP contribution in [0.4, 0.5) is 0 Å². The van der Waals surface area contributed by atoms with E-state index in [4.69, 9.17) is 4.74 Å². The molecular formula is C17H18N2O2. The summed E-state index contributed by atoms with van der Waals surface area (Å²) in [5.74, 6) is 0.747. The summed E-state index contributed by atoms with van der Waals surface area (Å²) in [5, 5.41) is 4.08. The van der Waals surface area contributed by atoms with Crippen molar-refractivity contribution in [1.29, 1.82) is 0 Å². The predicted octanol–water partition coefficient (Wildman–Crippen LogP) is 3.36. The summed E-state index contributed by atoms with van der Waals surface area (Å²) in [4.78, 5) is 11.9. The van der Waals surface area contributed by atoms with E-state index in [0.29, 0.717) is 5.56 Å². The summed E-state index contributed by atoms with van der Waals surface area (Å²) in [7, 11) is 1.64. The van der Waals surface area contributed by atoms with Gasteiger partial charge in [-0.25, -0.2) is 0 Å². The van der Waals surface area contributed by atoms with E-state index in [9.17, 15) is 4.79 Å². The van der Waals surface area contributed by atoms with Crippen LogP contribution in [0.2, 0.25) is 0 Å². The van der Waals surface area contributed by atoms with E-state index >= 15 is 0 Å². The van der Waals surface area contributed by atoms with Crippen molar-refractivity contribution in [1.82, 2.24) is 9.78 Å². The number of carbonyl (C=O) groups is 1. The van der Waals surface area contributed by atoms with Crippen LogP contribution in [-0.4, -0.2) is 22.7 Å². The zero-order valence-electron chi connectivity index (χ0n) is 12.2. The van der Waals surface area contributed by atoms with Gasteiger partial charge in [-0.15, -0.1) is 0 Å². The Kier molecular flexibility index (Phi) is 5.10. The van der Waals surface area contributed by atoms with Crippen molar-refractivity contribution < 1.29 is 9.53 Å². The van der Waals surface area contributed by atoms with Gasteiger partial charge in [-0.2, -0.15) is 5.10 Å². The lowest BCUT2D eigenvalue weighted by atomic mass is 10.1. The number of hydrogen-bond acceptors (Lipinski definition) is 3. The summed E-state index contributed by atoms with van der Waals surface area (Å²) < 4.78 is 6.98. The number of hydrogen-bond donors (Lipinski definition) is 0. The van der Waals surface area contributed by atoms with E-state index in [1.54, 1.807) is 30.3 Å². The number of aromatic nitrogens is 2. The van der Waals surface area contributed by atoms with Gasteiger partial charge in [-0.3, -0.25) is 9.48 Å². The average Bonchev–Trinajstić information content (AvgIpc) is 3.01. The molecule has 108 valence electrons. The number of aryl methyl sites for hydroxylation is 1. The molecule has 0 aliphatic rings. The number of ketones is 1. The quantitative estimate of drug-likeness (QED) is 0.463. The van der Waals surface area contributed by atoms with Gasteiger partial charge in [0, 0.05) is 18.3 Å². The molecule has 0 radical (unpaired) electrons. The van der Waals surface area contributed by atoms with Gasteiger partial charge >= 0.3 is 0 Å². The molecule has 2 rings (SSSR count). The van der Waals surface area contributed by atoms with E-state index in [0.717, 1.165) is 17.9 Å². The number of benzene rings is 1. The summed E-state index contributed by atoms with van der Waals surface area (Å²) in [6.07, 6.45) is 10.3. The molecule has 0 aliphatic heterocycles. The summed E-state index contributed by atoms with van der Waals surface area (Å²) in [6, 6.07) is 7.71. The lowest BCUT2D eigenvalue weighted by molar-refractivity contribution is 0.104. The summed E-state index contributed by atoms with van der Waals surface area (Å²) in [6.45, 7) is 2.73. The second-order valence-corrected chi connectivity index (χ2v) is 4.41. The first-order valence-electron chi connectivity index (χ1n) is 6.79. The van der Waals surface area contributed by atoms with Crippen LogP contribution in [-0.2, 0) is 6.54 Å². The van der Waals surface area contributed by atoms with Crippen molar-refractivity contribution in [2.75, 3.05) is 7.11 Å². The van der Waals surface area contributed by atoms with Gasteiger partial charge in [0.15, 0.2) is 5.78 Å². The SMILES string of the molecule is CCn1cc(C(=O)/C=C/C=C\c2ccccc2OC)cn1. The molecule has 0 bridgehead atoms. The van der Waals surface area contributed by atoms with Crippen molar-refractivity contribution in [2.45, 2.75) is 13.5 Å². The fraction of sp³-hybridized carbons (Fsp3) is 0.176. The van der Waals surface area contributed by atoms with Crippen molar-refractivity contribution in [3.63, 3.8) is 0 Å². The minimum atomic E-state index is -0.0561. The molecule has 0 fully saturated rings. The van der Waals surface area contributed by atoms with Crippen molar-refractivity contribution in [3.8, 4) is 5.75 Å². The number of para-hydroxylation sites is 1.